The molecule has 7 nitrogen and oxygen atoms in total. The number of rotatable bonds is 7. The predicted octanol–water partition coefficient (Wildman–Crippen LogP) is 3.74. The number of benzene rings is 2. The fourth-order valence-electron chi connectivity index (χ4n) is 2.56. The second kappa shape index (κ2) is 7.30. The number of hydrogen-bond acceptors (Lipinski definition) is 7. The van der Waals surface area contributed by atoms with E-state index in [9.17, 15) is 18.5 Å². The quantitative estimate of drug-likeness (QED) is 0.361. The van der Waals surface area contributed by atoms with Crippen LogP contribution >= 0.6 is 11.3 Å². The van der Waals surface area contributed by atoms with Gasteiger partial charge in [0.05, 0.1) is 4.92 Å². The normalized spacial score (nSPS) is 11.4. The number of anilines is 2. The molecule has 0 spiro atoms. The highest BCUT2D eigenvalue weighted by Crippen LogP contribution is 2.36. The first-order chi connectivity index (χ1) is 12.4. The lowest BCUT2D eigenvalue weighted by molar-refractivity contribution is -0.383. The summed E-state index contributed by atoms with van der Waals surface area (Å²) in [5, 5.41) is 19.8. The largest absolute Gasteiger partial charge is 0.383 e. The summed E-state index contributed by atoms with van der Waals surface area (Å²) >= 11 is 0.875. The standard InChI is InChI=1S/C17H17N3O4S2/c1-26(23,24)16-11-15(20(21)22)17(25-16)19-10-9-18-14-8-4-6-12-5-2-3-7-13(12)14/h2-8,11,18-19H,9-10H2,1H3. The van der Waals surface area contributed by atoms with Crippen LogP contribution < -0.4 is 10.6 Å². The number of hydrogen-bond donors (Lipinski definition) is 2. The molecule has 0 bridgehead atoms. The van der Waals surface area contributed by atoms with Gasteiger partial charge in [-0.2, -0.15) is 0 Å². The van der Waals surface area contributed by atoms with Crippen molar-refractivity contribution in [3.8, 4) is 0 Å². The van der Waals surface area contributed by atoms with Crippen LogP contribution in [0.5, 0.6) is 0 Å². The molecule has 9 heteroatoms. The van der Waals surface area contributed by atoms with Gasteiger partial charge in [0.25, 0.3) is 0 Å². The summed E-state index contributed by atoms with van der Waals surface area (Å²) in [7, 11) is -3.48. The van der Waals surface area contributed by atoms with E-state index in [1.54, 1.807) is 0 Å². The van der Waals surface area contributed by atoms with Crippen LogP contribution in [0.15, 0.2) is 52.7 Å². The highest BCUT2D eigenvalue weighted by atomic mass is 32.2. The molecule has 0 saturated carbocycles. The molecule has 2 N–H and O–H groups in total. The van der Waals surface area contributed by atoms with Gasteiger partial charge in [-0.15, -0.1) is 0 Å². The van der Waals surface area contributed by atoms with Crippen LogP contribution in [-0.4, -0.2) is 32.7 Å². The molecule has 3 rings (SSSR count). The Morgan fingerprint density at radius 1 is 1.08 bits per heavy atom. The van der Waals surface area contributed by atoms with Crippen molar-refractivity contribution < 1.29 is 13.3 Å². The molecule has 0 saturated heterocycles. The molecule has 1 aromatic heterocycles. The van der Waals surface area contributed by atoms with Gasteiger partial charge in [0.2, 0.25) is 0 Å². The molecule has 1 heterocycles. The molecule has 0 unspecified atom stereocenters. The number of sulfone groups is 1. The summed E-state index contributed by atoms with van der Waals surface area (Å²) in [4.78, 5) is 10.5. The molecule has 26 heavy (non-hydrogen) atoms. The van der Waals surface area contributed by atoms with Gasteiger partial charge in [-0.25, -0.2) is 8.42 Å². The van der Waals surface area contributed by atoms with E-state index in [2.05, 4.69) is 10.6 Å². The third-order valence-corrected chi connectivity index (χ3v) is 6.65. The lowest BCUT2D eigenvalue weighted by atomic mass is 10.1. The zero-order chi connectivity index (χ0) is 18.7. The van der Waals surface area contributed by atoms with Crippen molar-refractivity contribution in [1.29, 1.82) is 0 Å². The van der Waals surface area contributed by atoms with Crippen molar-refractivity contribution in [2.45, 2.75) is 4.21 Å². The SMILES string of the molecule is CS(=O)(=O)c1cc([N+](=O)[O-])c(NCCNc2cccc3ccccc23)s1. The zero-order valence-electron chi connectivity index (χ0n) is 13.9. The first-order valence-electron chi connectivity index (χ1n) is 7.80. The Labute approximate surface area is 154 Å². The van der Waals surface area contributed by atoms with Crippen LogP contribution in [0.4, 0.5) is 16.4 Å². The Kier molecular flexibility index (Phi) is 5.10. The summed E-state index contributed by atoms with van der Waals surface area (Å²) in [6.07, 6.45) is 1.04. The topological polar surface area (TPSA) is 101 Å². The van der Waals surface area contributed by atoms with E-state index in [1.165, 1.54) is 0 Å². The minimum Gasteiger partial charge on any atom is -0.383 e. The maximum Gasteiger partial charge on any atom is 0.304 e. The van der Waals surface area contributed by atoms with E-state index in [-0.39, 0.29) is 14.9 Å². The number of nitrogens with one attached hydrogen (secondary N) is 2. The lowest BCUT2D eigenvalue weighted by Crippen LogP contribution is -2.13. The molecule has 0 radical (unpaired) electrons. The molecule has 0 atom stereocenters. The molecule has 0 aliphatic carbocycles. The van der Waals surface area contributed by atoms with Gasteiger partial charge >= 0.3 is 5.69 Å². The van der Waals surface area contributed by atoms with Crippen LogP contribution in [0.2, 0.25) is 0 Å². The number of nitrogens with zero attached hydrogens (tertiary/aromatic N) is 1. The Morgan fingerprint density at radius 3 is 2.50 bits per heavy atom. The van der Waals surface area contributed by atoms with Crippen molar-refractivity contribution in [3.05, 3.63) is 58.6 Å². The van der Waals surface area contributed by atoms with E-state index in [0.717, 1.165) is 40.1 Å². The van der Waals surface area contributed by atoms with Crippen molar-refractivity contribution >= 4 is 48.3 Å². The molecule has 3 aromatic rings. The highest BCUT2D eigenvalue weighted by Gasteiger charge is 2.23. The summed E-state index contributed by atoms with van der Waals surface area (Å²) < 4.78 is 23.2. The van der Waals surface area contributed by atoms with Crippen LogP contribution in [-0.2, 0) is 9.84 Å². The second-order valence-electron chi connectivity index (χ2n) is 5.69. The van der Waals surface area contributed by atoms with Gasteiger partial charge in [0.15, 0.2) is 14.8 Å². The van der Waals surface area contributed by atoms with Crippen molar-refractivity contribution in [1.82, 2.24) is 0 Å². The predicted molar refractivity (Wildman–Crippen MR) is 105 cm³/mol. The van der Waals surface area contributed by atoms with Crippen molar-refractivity contribution in [2.75, 3.05) is 30.0 Å². The molecule has 0 aliphatic rings. The average molecular weight is 391 g/mol. The molecule has 0 fully saturated rings. The van der Waals surface area contributed by atoms with Crippen LogP contribution in [0.1, 0.15) is 0 Å². The summed E-state index contributed by atoms with van der Waals surface area (Å²) in [5.74, 6) is 0. The minimum absolute atomic E-state index is 0.0197. The third kappa shape index (κ3) is 3.94. The maximum atomic E-state index is 11.6. The van der Waals surface area contributed by atoms with E-state index < -0.39 is 14.8 Å². The van der Waals surface area contributed by atoms with Gasteiger partial charge in [-0.3, -0.25) is 10.1 Å². The number of nitro groups is 1. The van der Waals surface area contributed by atoms with E-state index >= 15 is 0 Å². The van der Waals surface area contributed by atoms with E-state index in [1.807, 2.05) is 42.5 Å². The van der Waals surface area contributed by atoms with Crippen LogP contribution in [0, 0.1) is 10.1 Å². The zero-order valence-corrected chi connectivity index (χ0v) is 15.6. The van der Waals surface area contributed by atoms with E-state index in [0.29, 0.717) is 13.1 Å². The van der Waals surface area contributed by atoms with Crippen molar-refractivity contribution in [3.63, 3.8) is 0 Å². The second-order valence-corrected chi connectivity index (χ2v) is 8.98. The first kappa shape index (κ1) is 18.2. The van der Waals surface area contributed by atoms with Gasteiger partial charge < -0.3 is 10.6 Å². The summed E-state index contributed by atoms with van der Waals surface area (Å²) in [5.41, 5.74) is 0.753. The minimum atomic E-state index is -3.48. The lowest BCUT2D eigenvalue weighted by Gasteiger charge is -2.10. The van der Waals surface area contributed by atoms with Gasteiger partial charge in [-0.1, -0.05) is 47.7 Å². The first-order valence-corrected chi connectivity index (χ1v) is 10.5. The summed E-state index contributed by atoms with van der Waals surface area (Å²) in [6.45, 7) is 0.936. The van der Waals surface area contributed by atoms with Crippen molar-refractivity contribution in [2.24, 2.45) is 0 Å². The smallest absolute Gasteiger partial charge is 0.304 e. The Balaban J connectivity index is 1.68. The molecular weight excluding hydrogens is 374 g/mol. The monoisotopic (exact) mass is 391 g/mol. The fraction of sp³-hybridized carbons (Fsp3) is 0.176. The molecule has 2 aromatic carbocycles. The average Bonchev–Trinajstić information content (AvgIpc) is 3.04. The molecule has 0 amide bonds. The fourth-order valence-corrected chi connectivity index (χ4v) is 4.52. The van der Waals surface area contributed by atoms with Gasteiger partial charge in [0.1, 0.15) is 4.21 Å². The highest BCUT2D eigenvalue weighted by molar-refractivity contribution is 7.92. The van der Waals surface area contributed by atoms with Gasteiger partial charge in [-0.05, 0) is 11.5 Å². The van der Waals surface area contributed by atoms with Crippen LogP contribution in [0.3, 0.4) is 0 Å². The summed E-state index contributed by atoms with van der Waals surface area (Å²) in [6, 6.07) is 15.0. The Hall–Kier alpha value is -2.65. The maximum absolute atomic E-state index is 11.6. The Bertz CT molecular complexity index is 1060. The third-order valence-electron chi connectivity index (χ3n) is 3.77. The number of thiophene rings is 1. The molecule has 0 aliphatic heterocycles. The Morgan fingerprint density at radius 2 is 1.77 bits per heavy atom. The van der Waals surface area contributed by atoms with Gasteiger partial charge in [0, 0.05) is 36.5 Å². The molecular formula is C17H17N3O4S2. The number of fused-ring (bicyclic) bond motifs is 1. The van der Waals surface area contributed by atoms with E-state index in [4.69, 9.17) is 0 Å². The molecule has 136 valence electrons. The van der Waals surface area contributed by atoms with Crippen LogP contribution in [0.25, 0.3) is 10.8 Å².